The Bertz CT molecular complexity index is 1190. The molecule has 3 aromatic rings. The van der Waals surface area contributed by atoms with Crippen molar-refractivity contribution in [3.05, 3.63) is 59.2 Å². The molecule has 8 nitrogen and oxygen atoms in total. The number of carboxylic acid groups (broad SMARTS) is 1. The quantitative estimate of drug-likeness (QED) is 0.356. The number of nitrogens with one attached hydrogen (secondary N) is 2. The molecule has 3 unspecified atom stereocenters. The summed E-state index contributed by atoms with van der Waals surface area (Å²) in [6.07, 6.45) is 0.833. The number of aromatic amines is 1. The van der Waals surface area contributed by atoms with Crippen LogP contribution in [0.15, 0.2) is 42.5 Å². The Hall–Kier alpha value is -3.07. The summed E-state index contributed by atoms with van der Waals surface area (Å²) >= 11 is 0. The Balaban J connectivity index is 1.55. The van der Waals surface area contributed by atoms with E-state index in [4.69, 9.17) is 9.47 Å². The molecule has 4 rings (SSSR count). The standard InChI is InChI=1S/C27H35N3O5/c1-17-8-9-24-22(12-17)23(25(29-24)35-26(31)32)15-28-20-10-11-27(33,19(13-20)16-30(2)3)18-6-5-7-21(14-18)34-4/h5-9,12,14,19-20,28-29,33H,10-11,13,15-16H2,1-4H3,(H,31,32). The first-order valence-electron chi connectivity index (χ1n) is 12.0. The van der Waals surface area contributed by atoms with E-state index in [1.807, 2.05) is 63.5 Å². The van der Waals surface area contributed by atoms with Crippen LogP contribution in [0.4, 0.5) is 4.79 Å². The van der Waals surface area contributed by atoms with Gasteiger partial charge in [0.25, 0.3) is 0 Å². The van der Waals surface area contributed by atoms with Crippen LogP contribution in [0, 0.1) is 12.8 Å². The largest absolute Gasteiger partial charge is 0.512 e. The van der Waals surface area contributed by atoms with Crippen molar-refractivity contribution in [2.24, 2.45) is 5.92 Å². The third kappa shape index (κ3) is 5.45. The van der Waals surface area contributed by atoms with Crippen LogP contribution in [-0.4, -0.2) is 60.0 Å². The number of hydrogen-bond donors (Lipinski definition) is 4. The molecule has 1 aliphatic carbocycles. The van der Waals surface area contributed by atoms with E-state index in [0.29, 0.717) is 13.0 Å². The number of nitrogens with zero attached hydrogens (tertiary/aromatic N) is 1. The molecular formula is C27H35N3O5. The fraction of sp³-hybridized carbons (Fsp3) is 0.444. The van der Waals surface area contributed by atoms with E-state index < -0.39 is 11.8 Å². The average Bonchev–Trinajstić information content (AvgIpc) is 3.14. The maximum absolute atomic E-state index is 11.9. The van der Waals surface area contributed by atoms with Gasteiger partial charge in [0, 0.05) is 41.5 Å². The molecule has 0 aliphatic heterocycles. The highest BCUT2D eigenvalue weighted by molar-refractivity contribution is 5.87. The first-order chi connectivity index (χ1) is 16.7. The second-order valence-electron chi connectivity index (χ2n) is 9.82. The summed E-state index contributed by atoms with van der Waals surface area (Å²) in [6, 6.07) is 13.8. The van der Waals surface area contributed by atoms with Gasteiger partial charge >= 0.3 is 6.16 Å². The Morgan fingerprint density at radius 3 is 2.77 bits per heavy atom. The van der Waals surface area contributed by atoms with Crippen LogP contribution in [0.1, 0.15) is 36.0 Å². The molecule has 4 N–H and O–H groups in total. The van der Waals surface area contributed by atoms with Crippen molar-refractivity contribution in [2.45, 2.75) is 44.4 Å². The lowest BCUT2D eigenvalue weighted by molar-refractivity contribution is -0.0694. The van der Waals surface area contributed by atoms with Crippen LogP contribution >= 0.6 is 0 Å². The minimum absolute atomic E-state index is 0.0100. The van der Waals surface area contributed by atoms with Crippen LogP contribution in [-0.2, 0) is 12.1 Å². The minimum atomic E-state index is -1.35. The van der Waals surface area contributed by atoms with Crippen LogP contribution in [0.5, 0.6) is 11.6 Å². The molecule has 3 atom stereocenters. The van der Waals surface area contributed by atoms with Crippen molar-refractivity contribution in [1.82, 2.24) is 15.2 Å². The summed E-state index contributed by atoms with van der Waals surface area (Å²) < 4.78 is 10.5. The lowest BCUT2D eigenvalue weighted by Crippen LogP contribution is -2.49. The first kappa shape index (κ1) is 25.0. The monoisotopic (exact) mass is 481 g/mol. The molecule has 0 bridgehead atoms. The number of H-pyrrole nitrogens is 1. The zero-order valence-electron chi connectivity index (χ0n) is 20.8. The topological polar surface area (TPSA) is 107 Å². The molecule has 0 amide bonds. The number of aryl methyl sites for hydroxylation is 1. The average molecular weight is 482 g/mol. The number of ether oxygens (including phenoxy) is 2. The van der Waals surface area contributed by atoms with Gasteiger partial charge < -0.3 is 34.9 Å². The summed E-state index contributed by atoms with van der Waals surface area (Å²) in [5, 5.41) is 25.6. The molecule has 0 radical (unpaired) electrons. The summed E-state index contributed by atoms with van der Waals surface area (Å²) in [7, 11) is 5.68. The lowest BCUT2D eigenvalue weighted by Gasteiger charge is -2.45. The zero-order valence-corrected chi connectivity index (χ0v) is 20.8. The lowest BCUT2D eigenvalue weighted by atomic mass is 9.69. The third-order valence-corrected chi connectivity index (χ3v) is 7.05. The molecule has 1 aliphatic rings. The Labute approximate surface area is 205 Å². The molecule has 0 saturated heterocycles. The van der Waals surface area contributed by atoms with Crippen molar-refractivity contribution in [3.8, 4) is 11.6 Å². The highest BCUT2D eigenvalue weighted by Crippen LogP contribution is 2.43. The molecule has 35 heavy (non-hydrogen) atoms. The fourth-order valence-corrected chi connectivity index (χ4v) is 5.31. The van der Waals surface area contributed by atoms with Crippen molar-refractivity contribution < 1.29 is 24.5 Å². The SMILES string of the molecule is COc1cccc(C2(O)CCC(NCc3c(OC(=O)O)[nH]c4ccc(C)cc34)CC2CN(C)C)c1. The van der Waals surface area contributed by atoms with Gasteiger partial charge in [-0.2, -0.15) is 0 Å². The maximum atomic E-state index is 11.9. The van der Waals surface area contributed by atoms with Crippen LogP contribution in [0.25, 0.3) is 10.9 Å². The second kappa shape index (κ2) is 10.3. The molecule has 1 aromatic heterocycles. The van der Waals surface area contributed by atoms with Gasteiger partial charge in [-0.05, 0) is 70.1 Å². The Kier molecular flexibility index (Phi) is 7.35. The molecule has 1 saturated carbocycles. The first-order valence-corrected chi connectivity index (χ1v) is 12.0. The van der Waals surface area contributed by atoms with Crippen molar-refractivity contribution in [1.29, 1.82) is 0 Å². The number of aliphatic hydroxyl groups is 1. The van der Waals surface area contributed by atoms with Crippen LogP contribution in [0.3, 0.4) is 0 Å². The molecule has 1 fully saturated rings. The highest BCUT2D eigenvalue weighted by Gasteiger charge is 2.43. The van der Waals surface area contributed by atoms with Gasteiger partial charge in [0.05, 0.1) is 12.7 Å². The summed E-state index contributed by atoms with van der Waals surface area (Å²) in [5.41, 5.74) is 2.65. The number of aromatic nitrogens is 1. The van der Waals surface area contributed by atoms with Gasteiger partial charge in [-0.3, -0.25) is 0 Å². The van der Waals surface area contributed by atoms with E-state index in [1.165, 1.54) is 0 Å². The van der Waals surface area contributed by atoms with Crippen LogP contribution < -0.4 is 14.8 Å². The predicted octanol–water partition coefficient (Wildman–Crippen LogP) is 4.25. The minimum Gasteiger partial charge on any atom is -0.497 e. The number of fused-ring (bicyclic) bond motifs is 1. The van der Waals surface area contributed by atoms with Gasteiger partial charge in [0.2, 0.25) is 5.88 Å². The summed E-state index contributed by atoms with van der Waals surface area (Å²) in [6.45, 7) is 3.21. The number of methoxy groups -OCH3 is 1. The predicted molar refractivity (Wildman–Crippen MR) is 135 cm³/mol. The summed E-state index contributed by atoms with van der Waals surface area (Å²) in [4.78, 5) is 16.5. The van der Waals surface area contributed by atoms with Gasteiger partial charge in [0.1, 0.15) is 5.75 Å². The van der Waals surface area contributed by atoms with Gasteiger partial charge in [-0.1, -0.05) is 23.8 Å². The van der Waals surface area contributed by atoms with Gasteiger partial charge in [-0.25, -0.2) is 4.79 Å². The van der Waals surface area contributed by atoms with E-state index >= 15 is 0 Å². The van der Waals surface area contributed by atoms with Gasteiger partial charge in [-0.15, -0.1) is 0 Å². The van der Waals surface area contributed by atoms with Crippen molar-refractivity contribution >= 4 is 17.1 Å². The van der Waals surface area contributed by atoms with E-state index in [1.54, 1.807) is 7.11 Å². The Morgan fingerprint density at radius 2 is 2.06 bits per heavy atom. The van der Waals surface area contributed by atoms with Gasteiger partial charge in [0.15, 0.2) is 0 Å². The zero-order chi connectivity index (χ0) is 25.2. The molecule has 0 spiro atoms. The van der Waals surface area contributed by atoms with E-state index in [0.717, 1.165) is 52.7 Å². The Morgan fingerprint density at radius 1 is 1.26 bits per heavy atom. The third-order valence-electron chi connectivity index (χ3n) is 7.05. The molecule has 188 valence electrons. The normalized spacial score (nSPS) is 22.5. The van der Waals surface area contributed by atoms with Crippen molar-refractivity contribution in [2.75, 3.05) is 27.7 Å². The molecular weight excluding hydrogens is 446 g/mol. The number of hydrogen-bond acceptors (Lipinski definition) is 6. The van der Waals surface area contributed by atoms with Crippen LogP contribution in [0.2, 0.25) is 0 Å². The number of carbonyl (C=O) groups is 1. The van der Waals surface area contributed by atoms with E-state index in [-0.39, 0.29) is 17.8 Å². The molecule has 1 heterocycles. The fourth-order valence-electron chi connectivity index (χ4n) is 5.31. The number of benzene rings is 2. The molecule has 8 heteroatoms. The second-order valence-corrected chi connectivity index (χ2v) is 9.82. The van der Waals surface area contributed by atoms with E-state index in [9.17, 15) is 15.0 Å². The van der Waals surface area contributed by atoms with E-state index in [2.05, 4.69) is 15.2 Å². The number of rotatable bonds is 8. The maximum Gasteiger partial charge on any atom is 0.512 e. The molecule has 2 aromatic carbocycles. The summed E-state index contributed by atoms with van der Waals surface area (Å²) in [5.74, 6) is 0.996. The smallest absolute Gasteiger partial charge is 0.497 e. The highest BCUT2D eigenvalue weighted by atomic mass is 16.7. The van der Waals surface area contributed by atoms with Crippen molar-refractivity contribution in [3.63, 3.8) is 0 Å².